The summed E-state index contributed by atoms with van der Waals surface area (Å²) in [6.07, 6.45) is 16.2. The van der Waals surface area contributed by atoms with Crippen LogP contribution in [-0.4, -0.2) is 33.5 Å². The Kier molecular flexibility index (Phi) is 6.31. The predicted molar refractivity (Wildman–Crippen MR) is 154 cm³/mol. The van der Waals surface area contributed by atoms with Crippen LogP contribution < -0.4 is 0 Å². The van der Waals surface area contributed by atoms with E-state index in [2.05, 4.69) is 53.1 Å². The van der Waals surface area contributed by atoms with Crippen molar-refractivity contribution in [1.82, 2.24) is 9.55 Å². The monoisotopic (exact) mass is 536 g/mol. The van der Waals surface area contributed by atoms with Crippen molar-refractivity contribution in [1.29, 1.82) is 0 Å². The van der Waals surface area contributed by atoms with Gasteiger partial charge in [0.2, 0.25) is 0 Å². The molecule has 1 aromatic rings. The van der Waals surface area contributed by atoms with Crippen molar-refractivity contribution in [3.05, 3.63) is 30.9 Å². The highest BCUT2D eigenvalue weighted by molar-refractivity contribution is 5.70. The molecule has 0 aromatic carbocycles. The summed E-state index contributed by atoms with van der Waals surface area (Å²) in [5.74, 6) is 2.96. The molecule has 0 bridgehead atoms. The summed E-state index contributed by atoms with van der Waals surface area (Å²) in [5, 5.41) is 11.0. The second-order valence-corrected chi connectivity index (χ2v) is 15.9. The van der Waals surface area contributed by atoms with E-state index in [4.69, 9.17) is 4.74 Å². The molecule has 0 radical (unpaired) electrons. The zero-order valence-electron chi connectivity index (χ0n) is 25.3. The van der Waals surface area contributed by atoms with E-state index in [1.165, 1.54) is 55.0 Å². The van der Waals surface area contributed by atoms with Crippen molar-refractivity contribution in [2.75, 3.05) is 6.61 Å². The van der Waals surface area contributed by atoms with Crippen LogP contribution >= 0.6 is 0 Å². The molecule has 1 heterocycles. The summed E-state index contributed by atoms with van der Waals surface area (Å²) < 4.78 is 7.51. The van der Waals surface area contributed by atoms with Crippen LogP contribution in [0.5, 0.6) is 0 Å². The second-order valence-electron chi connectivity index (χ2n) is 15.9. The zero-order chi connectivity index (χ0) is 28.0. The van der Waals surface area contributed by atoms with Gasteiger partial charge in [-0.05, 0) is 122 Å². The number of fused-ring (bicyclic) bond motifs is 7. The fraction of sp³-hybridized carbons (Fsp3) is 0.824. The van der Waals surface area contributed by atoms with Crippen LogP contribution in [-0.2, 0) is 4.74 Å². The number of carbonyl (C=O) groups is 1. The largest absolute Gasteiger partial charge is 0.448 e. The minimum atomic E-state index is -0.309. The zero-order valence-corrected chi connectivity index (χ0v) is 25.3. The molecule has 5 nitrogen and oxygen atoms in total. The third-order valence-corrected chi connectivity index (χ3v) is 14.4. The number of hydrogen-bond acceptors (Lipinski definition) is 4. The molecule has 5 fully saturated rings. The van der Waals surface area contributed by atoms with Crippen LogP contribution in [0.2, 0.25) is 0 Å². The SMILES string of the molecule is C=C(C)[C@@H]1CC[C@]2(COC(=O)n3ccnc3)CC[C@]3(C)[C@H](CC[C@@H]4[C@@]5(C)CC[C@H](O)C(C)(C)[C@@H]5CC[C@]43C)[C@@H]12. The summed E-state index contributed by atoms with van der Waals surface area (Å²) in [4.78, 5) is 16.9. The lowest BCUT2D eigenvalue weighted by molar-refractivity contribution is -0.249. The first kappa shape index (κ1) is 27.5. The summed E-state index contributed by atoms with van der Waals surface area (Å²) in [6, 6.07) is 0. The van der Waals surface area contributed by atoms with Crippen molar-refractivity contribution in [3.8, 4) is 0 Å². The molecule has 5 heteroatoms. The number of rotatable bonds is 3. The minimum Gasteiger partial charge on any atom is -0.448 e. The average Bonchev–Trinajstić information content (AvgIpc) is 3.55. The fourth-order valence-electron chi connectivity index (χ4n) is 12.2. The number of aliphatic hydroxyl groups excluding tert-OH is 1. The molecule has 216 valence electrons. The van der Waals surface area contributed by atoms with E-state index in [1.807, 2.05) is 0 Å². The summed E-state index contributed by atoms with van der Waals surface area (Å²) in [7, 11) is 0. The lowest BCUT2D eigenvalue weighted by Crippen LogP contribution is -2.66. The van der Waals surface area contributed by atoms with Gasteiger partial charge in [-0.1, -0.05) is 46.8 Å². The standard InChI is InChI=1S/C34H52N2O3/c1-22(2)23-10-15-34(20-39-29(38)36-19-18-35-21-36)17-16-32(6)24(28(23)34)8-9-26-31(5)13-12-27(37)30(3,4)25(31)11-14-33(26,32)7/h18-19,21,23-28,37H,1,8-17,20H2,2-7H3/t23-,24+,25-,26+,27-,28+,31-,32+,33+,34+/m0/s1. The number of aliphatic hydroxyl groups is 1. The van der Waals surface area contributed by atoms with Gasteiger partial charge < -0.3 is 9.84 Å². The molecule has 5 aliphatic rings. The van der Waals surface area contributed by atoms with Gasteiger partial charge in [-0.15, -0.1) is 0 Å². The molecule has 5 aliphatic carbocycles. The quantitative estimate of drug-likeness (QED) is 0.399. The number of hydrogen-bond donors (Lipinski definition) is 1. The molecule has 6 rings (SSSR count). The second kappa shape index (κ2) is 8.94. The maximum atomic E-state index is 12.8. The molecule has 0 amide bonds. The van der Waals surface area contributed by atoms with E-state index in [-0.39, 0.29) is 28.4 Å². The Hall–Kier alpha value is -1.62. The average molecular weight is 537 g/mol. The van der Waals surface area contributed by atoms with Crippen LogP contribution in [0.1, 0.15) is 106 Å². The Labute approximate surface area is 236 Å². The molecule has 1 N–H and O–H groups in total. The molecule has 1 aromatic heterocycles. The van der Waals surface area contributed by atoms with Crippen molar-refractivity contribution < 1.29 is 14.6 Å². The first-order chi connectivity index (χ1) is 18.3. The molecular weight excluding hydrogens is 484 g/mol. The summed E-state index contributed by atoms with van der Waals surface area (Å²) in [6.45, 7) is 19.9. The van der Waals surface area contributed by atoms with Gasteiger partial charge in [-0.2, -0.15) is 0 Å². The smallest absolute Gasteiger partial charge is 0.419 e. The van der Waals surface area contributed by atoms with Crippen molar-refractivity contribution >= 4 is 6.09 Å². The first-order valence-corrected chi connectivity index (χ1v) is 15.8. The van der Waals surface area contributed by atoms with Crippen molar-refractivity contribution in [2.45, 2.75) is 112 Å². The molecular formula is C34H52N2O3. The molecule has 10 atom stereocenters. The van der Waals surface area contributed by atoms with Gasteiger partial charge in [0.05, 0.1) is 12.7 Å². The van der Waals surface area contributed by atoms with Crippen LogP contribution in [0, 0.1) is 56.7 Å². The number of aromatic nitrogens is 2. The highest BCUT2D eigenvalue weighted by Gasteiger charge is 2.71. The van der Waals surface area contributed by atoms with Crippen LogP contribution in [0.3, 0.4) is 0 Å². The van der Waals surface area contributed by atoms with E-state index in [1.54, 1.807) is 12.4 Å². The summed E-state index contributed by atoms with van der Waals surface area (Å²) in [5.41, 5.74) is 2.21. The molecule has 39 heavy (non-hydrogen) atoms. The highest BCUT2D eigenvalue weighted by atomic mass is 16.5. The van der Waals surface area contributed by atoms with Crippen LogP contribution in [0.25, 0.3) is 0 Å². The van der Waals surface area contributed by atoms with Gasteiger partial charge in [-0.25, -0.2) is 14.3 Å². The lowest BCUT2D eigenvalue weighted by Gasteiger charge is -2.73. The normalized spacial score (nSPS) is 48.3. The van der Waals surface area contributed by atoms with Crippen LogP contribution in [0.4, 0.5) is 4.79 Å². The fourth-order valence-corrected chi connectivity index (χ4v) is 12.2. The molecule has 0 spiro atoms. The Morgan fingerprint density at radius 1 is 0.974 bits per heavy atom. The Morgan fingerprint density at radius 3 is 2.44 bits per heavy atom. The van der Waals surface area contributed by atoms with Gasteiger partial charge in [-0.3, -0.25) is 0 Å². The maximum Gasteiger partial charge on any atom is 0.419 e. The Bertz CT molecular complexity index is 1130. The summed E-state index contributed by atoms with van der Waals surface area (Å²) >= 11 is 0. The van der Waals surface area contributed by atoms with Gasteiger partial charge in [0.25, 0.3) is 0 Å². The van der Waals surface area contributed by atoms with Crippen molar-refractivity contribution in [2.24, 2.45) is 56.7 Å². The molecule has 5 saturated carbocycles. The number of allylic oxidation sites excluding steroid dienone is 1. The van der Waals surface area contributed by atoms with E-state index in [9.17, 15) is 9.90 Å². The molecule has 0 saturated heterocycles. The highest BCUT2D eigenvalue weighted by Crippen LogP contribution is 2.77. The van der Waals surface area contributed by atoms with E-state index < -0.39 is 0 Å². The lowest BCUT2D eigenvalue weighted by atomic mass is 9.32. The van der Waals surface area contributed by atoms with E-state index >= 15 is 0 Å². The van der Waals surface area contributed by atoms with Gasteiger partial charge >= 0.3 is 6.09 Å². The Balaban J connectivity index is 1.33. The molecule has 0 unspecified atom stereocenters. The van der Waals surface area contributed by atoms with Crippen LogP contribution in [0.15, 0.2) is 30.9 Å². The third kappa shape index (κ3) is 3.66. The number of ether oxygens (including phenoxy) is 1. The third-order valence-electron chi connectivity index (χ3n) is 14.4. The number of imidazole rings is 1. The topological polar surface area (TPSA) is 64.4 Å². The van der Waals surface area contributed by atoms with E-state index in [0.717, 1.165) is 25.7 Å². The molecule has 0 aliphatic heterocycles. The first-order valence-electron chi connectivity index (χ1n) is 15.8. The predicted octanol–water partition coefficient (Wildman–Crippen LogP) is 7.89. The van der Waals surface area contributed by atoms with Gasteiger partial charge in [0.15, 0.2) is 0 Å². The van der Waals surface area contributed by atoms with E-state index in [0.29, 0.717) is 47.0 Å². The Morgan fingerprint density at radius 2 is 1.74 bits per heavy atom. The minimum absolute atomic E-state index is 0.0105. The number of carbonyl (C=O) groups excluding carboxylic acids is 1. The van der Waals surface area contributed by atoms with Gasteiger partial charge in [0.1, 0.15) is 6.33 Å². The van der Waals surface area contributed by atoms with Gasteiger partial charge in [0, 0.05) is 17.8 Å². The number of nitrogens with zero attached hydrogens (tertiary/aromatic N) is 2. The van der Waals surface area contributed by atoms with Crippen molar-refractivity contribution in [3.63, 3.8) is 0 Å². The maximum absolute atomic E-state index is 12.8.